The topological polar surface area (TPSA) is 95.6 Å². The average molecular weight is 478 g/mol. The number of anilines is 2. The lowest BCUT2D eigenvalue weighted by Gasteiger charge is -2.30. The maximum Gasteiger partial charge on any atom is 0.255 e. The van der Waals surface area contributed by atoms with Gasteiger partial charge in [-0.05, 0) is 67.4 Å². The van der Waals surface area contributed by atoms with Gasteiger partial charge in [-0.25, -0.2) is 8.42 Å². The Labute approximate surface area is 199 Å². The van der Waals surface area contributed by atoms with Crippen molar-refractivity contribution in [2.45, 2.75) is 23.5 Å². The van der Waals surface area contributed by atoms with Crippen molar-refractivity contribution in [3.8, 4) is 0 Å². The van der Waals surface area contributed by atoms with Crippen LogP contribution in [-0.2, 0) is 26.8 Å². The van der Waals surface area contributed by atoms with Gasteiger partial charge < -0.3 is 15.5 Å². The van der Waals surface area contributed by atoms with Crippen LogP contribution < -0.4 is 15.5 Å². The van der Waals surface area contributed by atoms with Gasteiger partial charge in [-0.3, -0.25) is 9.59 Å². The SMILES string of the molecule is CNCC(=O)N1CCCc2ccc(NC(=O)c3cccc(CS(=O)(=O)c4ccccc4)c3)cc21. The molecule has 0 aliphatic carbocycles. The van der Waals surface area contributed by atoms with E-state index in [1.807, 2.05) is 18.2 Å². The van der Waals surface area contributed by atoms with E-state index in [9.17, 15) is 18.0 Å². The predicted octanol–water partition coefficient (Wildman–Crippen LogP) is 3.41. The molecular weight excluding hydrogens is 450 g/mol. The number of nitrogens with one attached hydrogen (secondary N) is 2. The zero-order valence-corrected chi connectivity index (χ0v) is 19.8. The zero-order chi connectivity index (χ0) is 24.1. The van der Waals surface area contributed by atoms with Crippen LogP contribution in [0.5, 0.6) is 0 Å². The molecule has 0 saturated heterocycles. The first-order valence-corrected chi connectivity index (χ1v) is 12.8. The number of benzene rings is 3. The van der Waals surface area contributed by atoms with Gasteiger partial charge in [-0.15, -0.1) is 0 Å². The monoisotopic (exact) mass is 477 g/mol. The van der Waals surface area contributed by atoms with E-state index in [0.717, 1.165) is 24.1 Å². The second kappa shape index (κ2) is 10.2. The van der Waals surface area contributed by atoms with Crippen LogP contribution in [0, 0.1) is 0 Å². The molecule has 2 amide bonds. The van der Waals surface area contributed by atoms with Crippen molar-refractivity contribution in [1.82, 2.24) is 5.32 Å². The molecule has 4 rings (SSSR count). The third-order valence-corrected chi connectivity index (χ3v) is 7.44. The predicted molar refractivity (Wildman–Crippen MR) is 133 cm³/mol. The van der Waals surface area contributed by atoms with Gasteiger partial charge in [0.25, 0.3) is 5.91 Å². The van der Waals surface area contributed by atoms with E-state index in [1.54, 1.807) is 66.5 Å². The molecule has 0 aromatic heterocycles. The molecule has 0 fully saturated rings. The molecule has 7 nitrogen and oxygen atoms in total. The van der Waals surface area contributed by atoms with Crippen molar-refractivity contribution in [1.29, 1.82) is 0 Å². The number of carbonyl (C=O) groups excluding carboxylic acids is 2. The lowest BCUT2D eigenvalue weighted by atomic mass is 10.0. The molecule has 0 spiro atoms. The maximum absolute atomic E-state index is 12.9. The van der Waals surface area contributed by atoms with Crippen LogP contribution in [-0.4, -0.2) is 40.4 Å². The summed E-state index contributed by atoms with van der Waals surface area (Å²) >= 11 is 0. The van der Waals surface area contributed by atoms with E-state index in [0.29, 0.717) is 23.4 Å². The smallest absolute Gasteiger partial charge is 0.255 e. The summed E-state index contributed by atoms with van der Waals surface area (Å²) in [6, 6.07) is 20.5. The number of likely N-dealkylation sites (N-methyl/N-ethyl adjacent to an activating group) is 1. The standard InChI is InChI=1S/C26H27N3O4S/c1-27-17-25(30)29-14-6-9-20-12-13-22(16-24(20)29)28-26(31)21-8-5-7-19(15-21)18-34(32,33)23-10-3-2-4-11-23/h2-5,7-8,10-13,15-16,27H,6,9,14,17-18H2,1H3,(H,28,31). The van der Waals surface area contributed by atoms with Crippen LogP contribution in [0.15, 0.2) is 77.7 Å². The third kappa shape index (κ3) is 5.35. The van der Waals surface area contributed by atoms with Gasteiger partial charge in [0.15, 0.2) is 9.84 Å². The Balaban J connectivity index is 1.52. The largest absolute Gasteiger partial charge is 0.322 e. The minimum Gasteiger partial charge on any atom is -0.322 e. The van der Waals surface area contributed by atoms with Crippen LogP contribution in [0.4, 0.5) is 11.4 Å². The highest BCUT2D eigenvalue weighted by Gasteiger charge is 2.23. The van der Waals surface area contributed by atoms with Gasteiger partial charge in [-0.2, -0.15) is 0 Å². The number of fused-ring (bicyclic) bond motifs is 1. The first-order chi connectivity index (χ1) is 16.4. The highest BCUT2D eigenvalue weighted by atomic mass is 32.2. The first-order valence-electron chi connectivity index (χ1n) is 11.1. The van der Waals surface area contributed by atoms with E-state index in [2.05, 4.69) is 10.6 Å². The van der Waals surface area contributed by atoms with E-state index in [1.165, 1.54) is 0 Å². The highest BCUT2D eigenvalue weighted by Crippen LogP contribution is 2.30. The molecule has 3 aromatic carbocycles. The van der Waals surface area contributed by atoms with Crippen LogP contribution in [0.1, 0.15) is 27.9 Å². The number of nitrogens with zero attached hydrogens (tertiary/aromatic N) is 1. The molecule has 0 radical (unpaired) electrons. The molecule has 8 heteroatoms. The number of aryl methyl sites for hydroxylation is 1. The lowest BCUT2D eigenvalue weighted by molar-refractivity contribution is -0.117. The van der Waals surface area contributed by atoms with Crippen molar-refractivity contribution in [2.24, 2.45) is 0 Å². The second-order valence-corrected chi connectivity index (χ2v) is 10.2. The number of carbonyl (C=O) groups is 2. The van der Waals surface area contributed by atoms with E-state index >= 15 is 0 Å². The van der Waals surface area contributed by atoms with E-state index in [4.69, 9.17) is 0 Å². The molecule has 1 aliphatic heterocycles. The summed E-state index contributed by atoms with van der Waals surface area (Å²) in [5, 5.41) is 5.77. The van der Waals surface area contributed by atoms with Crippen molar-refractivity contribution in [2.75, 3.05) is 30.4 Å². The fourth-order valence-electron chi connectivity index (χ4n) is 4.09. The average Bonchev–Trinajstić information content (AvgIpc) is 2.84. The number of amides is 2. The molecule has 1 aliphatic rings. The molecule has 0 bridgehead atoms. The van der Waals surface area contributed by atoms with E-state index < -0.39 is 9.84 Å². The Morgan fingerprint density at radius 2 is 1.76 bits per heavy atom. The molecule has 1 heterocycles. The van der Waals surface area contributed by atoms with Gasteiger partial charge in [0, 0.05) is 23.5 Å². The second-order valence-electron chi connectivity index (χ2n) is 8.25. The van der Waals surface area contributed by atoms with Gasteiger partial charge in [-0.1, -0.05) is 36.4 Å². The van der Waals surface area contributed by atoms with Gasteiger partial charge >= 0.3 is 0 Å². The molecular formula is C26H27N3O4S. The summed E-state index contributed by atoms with van der Waals surface area (Å²) in [7, 11) is -1.78. The fourth-order valence-corrected chi connectivity index (χ4v) is 5.45. The third-order valence-electron chi connectivity index (χ3n) is 5.74. The molecule has 3 aromatic rings. The van der Waals surface area contributed by atoms with E-state index in [-0.39, 0.29) is 29.0 Å². The number of rotatable bonds is 7. The Hall–Kier alpha value is -3.49. The van der Waals surface area contributed by atoms with Gasteiger partial charge in [0.1, 0.15) is 0 Å². The van der Waals surface area contributed by atoms with Crippen molar-refractivity contribution < 1.29 is 18.0 Å². The Kier molecular flexibility index (Phi) is 7.09. The van der Waals surface area contributed by atoms with Crippen molar-refractivity contribution in [3.63, 3.8) is 0 Å². The number of hydrogen-bond donors (Lipinski definition) is 2. The molecule has 34 heavy (non-hydrogen) atoms. The summed E-state index contributed by atoms with van der Waals surface area (Å²) in [6.45, 7) is 0.886. The first kappa shape index (κ1) is 23.7. The summed E-state index contributed by atoms with van der Waals surface area (Å²) in [5.74, 6) is -0.554. The molecule has 0 unspecified atom stereocenters. The van der Waals surface area contributed by atoms with Crippen LogP contribution in [0.3, 0.4) is 0 Å². The fraction of sp³-hybridized carbons (Fsp3) is 0.231. The zero-order valence-electron chi connectivity index (χ0n) is 19.0. The summed E-state index contributed by atoms with van der Waals surface area (Å²) in [6.07, 6.45) is 1.78. The molecule has 176 valence electrons. The molecule has 2 N–H and O–H groups in total. The Bertz CT molecular complexity index is 1310. The Morgan fingerprint density at radius 3 is 2.53 bits per heavy atom. The van der Waals surface area contributed by atoms with Crippen LogP contribution in [0.25, 0.3) is 0 Å². The minimum absolute atomic E-state index is 0.0146. The highest BCUT2D eigenvalue weighted by molar-refractivity contribution is 7.90. The normalized spacial score (nSPS) is 13.3. The minimum atomic E-state index is -3.52. The van der Waals surface area contributed by atoms with Gasteiger partial charge in [0.2, 0.25) is 5.91 Å². The molecule has 0 atom stereocenters. The maximum atomic E-state index is 12.9. The Morgan fingerprint density at radius 1 is 0.971 bits per heavy atom. The van der Waals surface area contributed by atoms with Crippen LogP contribution >= 0.6 is 0 Å². The number of sulfone groups is 1. The quantitative estimate of drug-likeness (QED) is 0.544. The summed E-state index contributed by atoms with van der Waals surface area (Å²) in [5.41, 5.74) is 3.36. The van der Waals surface area contributed by atoms with Crippen LogP contribution in [0.2, 0.25) is 0 Å². The summed E-state index contributed by atoms with van der Waals surface area (Å²) in [4.78, 5) is 27.4. The number of hydrogen-bond acceptors (Lipinski definition) is 5. The summed E-state index contributed by atoms with van der Waals surface area (Å²) < 4.78 is 25.4. The van der Waals surface area contributed by atoms with Gasteiger partial charge in [0.05, 0.1) is 17.2 Å². The lowest BCUT2D eigenvalue weighted by Crippen LogP contribution is -2.40. The van der Waals surface area contributed by atoms with Crippen molar-refractivity contribution >= 4 is 33.0 Å². The van der Waals surface area contributed by atoms with Crippen molar-refractivity contribution in [3.05, 3.63) is 89.5 Å². The molecule has 0 saturated carbocycles.